The third kappa shape index (κ3) is 7.69. The van der Waals surface area contributed by atoms with E-state index in [0.717, 1.165) is 16.9 Å². The van der Waals surface area contributed by atoms with Crippen LogP contribution in [0.25, 0.3) is 0 Å². The largest absolute Gasteiger partial charge is 0.494 e. The van der Waals surface area contributed by atoms with Crippen LogP contribution in [0.3, 0.4) is 0 Å². The first-order chi connectivity index (χ1) is 17.4. The normalized spacial score (nSPS) is 10.5. The summed E-state index contributed by atoms with van der Waals surface area (Å²) in [6.45, 7) is 6.01. The van der Waals surface area contributed by atoms with Crippen LogP contribution in [0.2, 0.25) is 0 Å². The fourth-order valence-electron chi connectivity index (χ4n) is 3.20. The topological polar surface area (TPSA) is 118 Å². The Morgan fingerprint density at radius 1 is 0.806 bits per heavy atom. The maximum Gasteiger partial charge on any atom is 0.329 e. The number of nitrogens with zero attached hydrogens (tertiary/aromatic N) is 1. The van der Waals surface area contributed by atoms with Gasteiger partial charge in [-0.05, 0) is 86.0 Å². The van der Waals surface area contributed by atoms with Crippen LogP contribution in [-0.2, 0) is 14.4 Å². The second-order valence-corrected chi connectivity index (χ2v) is 7.78. The Morgan fingerprint density at radius 3 is 2.06 bits per heavy atom. The molecule has 3 N–H and O–H groups in total. The number of hydrazone groups is 1. The Bertz CT molecular complexity index is 1220. The van der Waals surface area contributed by atoms with Crippen molar-refractivity contribution in [2.24, 2.45) is 5.10 Å². The van der Waals surface area contributed by atoms with Gasteiger partial charge in [0.05, 0.1) is 12.8 Å². The number of carbonyl (C=O) groups is 3. The molecular formula is C27H28N4O5. The Kier molecular flexibility index (Phi) is 9.16. The number of aryl methyl sites for hydroxylation is 2. The van der Waals surface area contributed by atoms with Gasteiger partial charge in [-0.2, -0.15) is 5.10 Å². The Hall–Kier alpha value is -4.66. The van der Waals surface area contributed by atoms with E-state index in [4.69, 9.17) is 9.47 Å². The monoisotopic (exact) mass is 488 g/mol. The quantitative estimate of drug-likeness (QED) is 0.241. The number of anilines is 2. The van der Waals surface area contributed by atoms with Gasteiger partial charge in [-0.1, -0.05) is 18.2 Å². The molecule has 36 heavy (non-hydrogen) atoms. The van der Waals surface area contributed by atoms with Gasteiger partial charge < -0.3 is 20.1 Å². The molecule has 0 atom stereocenters. The lowest BCUT2D eigenvalue weighted by molar-refractivity contribution is -0.136. The van der Waals surface area contributed by atoms with Gasteiger partial charge in [0.25, 0.3) is 5.91 Å². The summed E-state index contributed by atoms with van der Waals surface area (Å²) in [5.74, 6) is -0.766. The molecule has 3 rings (SSSR count). The molecule has 0 aromatic heterocycles. The van der Waals surface area contributed by atoms with Crippen molar-refractivity contribution < 1.29 is 23.9 Å². The van der Waals surface area contributed by atoms with Crippen molar-refractivity contribution in [1.82, 2.24) is 5.43 Å². The number of amides is 3. The zero-order chi connectivity index (χ0) is 25.9. The molecule has 3 aromatic rings. The van der Waals surface area contributed by atoms with Crippen molar-refractivity contribution in [3.63, 3.8) is 0 Å². The number of hydrogen-bond donors (Lipinski definition) is 3. The Labute approximate surface area is 209 Å². The summed E-state index contributed by atoms with van der Waals surface area (Å²) in [5, 5.41) is 9.17. The average molecular weight is 489 g/mol. The van der Waals surface area contributed by atoms with Crippen LogP contribution in [0.15, 0.2) is 71.8 Å². The molecule has 9 nitrogen and oxygen atoms in total. The van der Waals surface area contributed by atoms with Crippen molar-refractivity contribution >= 4 is 35.3 Å². The van der Waals surface area contributed by atoms with E-state index in [0.29, 0.717) is 29.3 Å². The van der Waals surface area contributed by atoms with Crippen LogP contribution >= 0.6 is 0 Å². The highest BCUT2D eigenvalue weighted by Gasteiger charge is 2.15. The van der Waals surface area contributed by atoms with Crippen LogP contribution in [-0.4, -0.2) is 37.1 Å². The van der Waals surface area contributed by atoms with E-state index < -0.39 is 11.8 Å². The lowest BCUT2D eigenvalue weighted by Crippen LogP contribution is -2.32. The van der Waals surface area contributed by atoms with Gasteiger partial charge in [-0.3, -0.25) is 14.4 Å². The van der Waals surface area contributed by atoms with Crippen LogP contribution in [0.1, 0.15) is 23.6 Å². The predicted octanol–water partition coefficient (Wildman–Crippen LogP) is 3.81. The number of ether oxygens (including phenoxy) is 2. The lowest BCUT2D eigenvalue weighted by atomic mass is 10.1. The average Bonchev–Trinajstić information content (AvgIpc) is 2.87. The summed E-state index contributed by atoms with van der Waals surface area (Å²) in [4.78, 5) is 36.3. The zero-order valence-corrected chi connectivity index (χ0v) is 20.3. The number of para-hydroxylation sites is 1. The molecule has 186 valence electrons. The van der Waals surface area contributed by atoms with Gasteiger partial charge >= 0.3 is 11.8 Å². The first-order valence-corrected chi connectivity index (χ1v) is 11.3. The zero-order valence-electron chi connectivity index (χ0n) is 20.3. The van der Waals surface area contributed by atoms with Crippen LogP contribution in [0.5, 0.6) is 11.5 Å². The molecule has 3 amide bonds. The molecular weight excluding hydrogens is 460 g/mol. The third-order valence-electron chi connectivity index (χ3n) is 5.00. The molecule has 0 saturated heterocycles. The fraction of sp³-hybridized carbons (Fsp3) is 0.185. The summed E-state index contributed by atoms with van der Waals surface area (Å²) in [6, 6.07) is 19.4. The molecule has 0 aliphatic carbocycles. The SMILES string of the molecule is CCOc1ccc(NC(=O)COc2ccc(/C=N\NC(=O)C(=O)Nc3c(C)cccc3C)cc2)cc1. The summed E-state index contributed by atoms with van der Waals surface area (Å²) in [5.41, 5.74) is 5.83. The van der Waals surface area contributed by atoms with E-state index in [1.165, 1.54) is 6.21 Å². The maximum absolute atomic E-state index is 12.1. The number of rotatable bonds is 9. The van der Waals surface area contributed by atoms with Crippen LogP contribution in [0.4, 0.5) is 11.4 Å². The minimum absolute atomic E-state index is 0.161. The second kappa shape index (κ2) is 12.7. The molecule has 0 aliphatic heterocycles. The summed E-state index contributed by atoms with van der Waals surface area (Å²) < 4.78 is 10.9. The highest BCUT2D eigenvalue weighted by Crippen LogP contribution is 2.19. The summed E-state index contributed by atoms with van der Waals surface area (Å²) >= 11 is 0. The van der Waals surface area contributed by atoms with Crippen molar-refractivity contribution in [2.45, 2.75) is 20.8 Å². The molecule has 0 unspecified atom stereocenters. The number of carbonyl (C=O) groups excluding carboxylic acids is 3. The van der Waals surface area contributed by atoms with Gasteiger partial charge in [0.1, 0.15) is 11.5 Å². The minimum Gasteiger partial charge on any atom is -0.494 e. The Balaban J connectivity index is 1.43. The van der Waals surface area contributed by atoms with Gasteiger partial charge in [0.2, 0.25) is 0 Å². The number of nitrogens with one attached hydrogen (secondary N) is 3. The second-order valence-electron chi connectivity index (χ2n) is 7.78. The van der Waals surface area contributed by atoms with E-state index in [2.05, 4.69) is 21.2 Å². The first-order valence-electron chi connectivity index (χ1n) is 11.3. The molecule has 0 saturated carbocycles. The highest BCUT2D eigenvalue weighted by molar-refractivity contribution is 6.39. The van der Waals surface area contributed by atoms with Crippen LogP contribution < -0.4 is 25.5 Å². The molecule has 0 bridgehead atoms. The number of hydrogen-bond acceptors (Lipinski definition) is 6. The highest BCUT2D eigenvalue weighted by atomic mass is 16.5. The van der Waals surface area contributed by atoms with Crippen molar-refractivity contribution in [3.8, 4) is 11.5 Å². The summed E-state index contributed by atoms with van der Waals surface area (Å²) in [6.07, 6.45) is 1.40. The van der Waals surface area contributed by atoms with Crippen molar-refractivity contribution in [1.29, 1.82) is 0 Å². The molecule has 0 spiro atoms. The third-order valence-corrected chi connectivity index (χ3v) is 5.00. The van der Waals surface area contributed by atoms with E-state index in [9.17, 15) is 14.4 Å². The number of benzene rings is 3. The fourth-order valence-corrected chi connectivity index (χ4v) is 3.20. The van der Waals surface area contributed by atoms with Crippen molar-refractivity contribution in [3.05, 3.63) is 83.4 Å². The maximum atomic E-state index is 12.1. The van der Waals surface area contributed by atoms with Crippen LogP contribution in [0, 0.1) is 13.8 Å². The standard InChI is InChI=1S/C27H28N4O5/c1-4-35-22-14-10-21(11-15-22)29-24(32)17-36-23-12-8-20(9-13-23)16-28-31-27(34)26(33)30-25-18(2)6-5-7-19(25)3/h5-16H,4,17H2,1-3H3,(H,29,32)(H,30,33)(H,31,34)/b28-16-. The first kappa shape index (κ1) is 26.0. The molecule has 3 aromatic carbocycles. The van der Waals surface area contributed by atoms with E-state index in [1.54, 1.807) is 48.5 Å². The smallest absolute Gasteiger partial charge is 0.329 e. The van der Waals surface area contributed by atoms with Gasteiger partial charge in [-0.25, -0.2) is 5.43 Å². The molecule has 0 fully saturated rings. The van der Waals surface area contributed by atoms with E-state index >= 15 is 0 Å². The van der Waals surface area contributed by atoms with Gasteiger partial charge in [0.15, 0.2) is 6.61 Å². The lowest BCUT2D eigenvalue weighted by Gasteiger charge is -2.10. The predicted molar refractivity (Wildman–Crippen MR) is 138 cm³/mol. The van der Waals surface area contributed by atoms with Gasteiger partial charge in [-0.15, -0.1) is 0 Å². The molecule has 0 heterocycles. The minimum atomic E-state index is -0.882. The molecule has 9 heteroatoms. The molecule has 0 radical (unpaired) electrons. The Morgan fingerprint density at radius 2 is 1.42 bits per heavy atom. The van der Waals surface area contributed by atoms with Gasteiger partial charge in [0, 0.05) is 11.4 Å². The van der Waals surface area contributed by atoms with E-state index in [-0.39, 0.29) is 12.5 Å². The van der Waals surface area contributed by atoms with E-state index in [1.807, 2.05) is 39.0 Å². The summed E-state index contributed by atoms with van der Waals surface area (Å²) in [7, 11) is 0. The molecule has 0 aliphatic rings. The van der Waals surface area contributed by atoms with Crippen molar-refractivity contribution in [2.75, 3.05) is 23.8 Å².